The molecule has 0 saturated heterocycles. The maximum atomic E-state index is 13.2. The topological polar surface area (TPSA) is 339 Å². The van der Waals surface area contributed by atoms with Crippen LogP contribution in [0.2, 0.25) is 0 Å². The molecular formula is C53H100N14O12. The molecule has 26 nitrogen and oxygen atoms in total. The number of nitrogens with one attached hydrogen (secondary N) is 11. The standard InChI is InChI=1S/C53H100N14O12/c1-8-12-42(68)54-22-26-58-46(72)16-33-65(34-17-47(73)59-27-23-55-43(69)13-9-2)39-30-62-50(76)20-37-67(41-32-64-52(78)79-53(5,6)7)38-21-51(77)63-31-40-66(35-18-48(74)60-28-24-56-44(70)14-10-3)36-19-49(75)61-29-25-57-45(71)15-11-4/h8-41H2,1-7H3,(H,54,68)(H,55,69)(H,56,70)(H,57,71)(H,58,72)(H,59,73)(H,60,74)(H,61,75)(H,62,76)(H,63,77)(H,64,78). The van der Waals surface area contributed by atoms with Gasteiger partial charge in [-0.15, -0.1) is 0 Å². The Balaban J connectivity index is 5.58. The fourth-order valence-corrected chi connectivity index (χ4v) is 7.31. The molecule has 0 aromatic heterocycles. The molecule has 454 valence electrons. The quantitative estimate of drug-likeness (QED) is 0.0330. The van der Waals surface area contributed by atoms with E-state index >= 15 is 0 Å². The van der Waals surface area contributed by atoms with E-state index in [0.717, 1.165) is 0 Å². The molecule has 0 heterocycles. The molecule has 11 N–H and O–H groups in total. The van der Waals surface area contributed by atoms with Gasteiger partial charge >= 0.3 is 6.09 Å². The predicted octanol–water partition coefficient (Wildman–Crippen LogP) is -0.880. The van der Waals surface area contributed by atoms with Crippen molar-refractivity contribution in [3.8, 4) is 0 Å². The first-order valence-corrected chi connectivity index (χ1v) is 28.5. The SMILES string of the molecule is CCCC(=O)NCCNC(=O)CCN(CCNC(=O)CCN(CCNC(=O)OC(C)(C)C)CCC(=O)NCCN(CCC(=O)NCCNC(=O)CCC)CCC(=O)NCCNC(=O)CCC)CCC(=O)NCCNC(=O)CCC. The van der Waals surface area contributed by atoms with E-state index in [1.54, 1.807) is 20.8 Å². The normalized spacial score (nSPS) is 11.1. The molecule has 79 heavy (non-hydrogen) atoms. The molecule has 11 amide bonds. The first-order chi connectivity index (χ1) is 37.7. The summed E-state index contributed by atoms with van der Waals surface area (Å²) in [5, 5.41) is 30.7. The minimum absolute atomic E-state index is 0.0551. The minimum atomic E-state index is -0.716. The average molecular weight is 1130 g/mol. The summed E-state index contributed by atoms with van der Waals surface area (Å²) in [6.07, 6.45) is 4.44. The summed E-state index contributed by atoms with van der Waals surface area (Å²) in [7, 11) is 0. The Hall–Kier alpha value is -6.15. The van der Waals surface area contributed by atoms with E-state index in [4.69, 9.17) is 4.74 Å². The van der Waals surface area contributed by atoms with Gasteiger partial charge in [0.2, 0.25) is 59.1 Å². The van der Waals surface area contributed by atoms with Crippen LogP contribution in [-0.4, -0.2) is 216 Å². The van der Waals surface area contributed by atoms with E-state index in [2.05, 4.69) is 58.5 Å². The Morgan fingerprint density at radius 1 is 0.266 bits per heavy atom. The summed E-state index contributed by atoms with van der Waals surface area (Å²) in [5.41, 5.74) is -0.716. The van der Waals surface area contributed by atoms with Crippen molar-refractivity contribution >= 4 is 65.2 Å². The molecule has 0 spiro atoms. The van der Waals surface area contributed by atoms with Gasteiger partial charge < -0.3 is 77.9 Å². The first-order valence-electron chi connectivity index (χ1n) is 28.5. The van der Waals surface area contributed by atoms with Crippen molar-refractivity contribution in [2.24, 2.45) is 0 Å². The van der Waals surface area contributed by atoms with Crippen molar-refractivity contribution < 1.29 is 57.5 Å². The van der Waals surface area contributed by atoms with Gasteiger partial charge in [-0.1, -0.05) is 27.7 Å². The summed E-state index contributed by atoms with van der Waals surface area (Å²) >= 11 is 0. The van der Waals surface area contributed by atoms with Gasteiger partial charge in [0.15, 0.2) is 0 Å². The Labute approximate surface area is 469 Å². The Morgan fingerprint density at radius 3 is 0.633 bits per heavy atom. The van der Waals surface area contributed by atoms with Crippen LogP contribution < -0.4 is 58.5 Å². The summed E-state index contributed by atoms with van der Waals surface area (Å²) in [4.78, 5) is 142. The first kappa shape index (κ1) is 72.8. The second kappa shape index (κ2) is 46.7. The van der Waals surface area contributed by atoms with Gasteiger partial charge in [-0.05, 0) is 46.5 Å². The molecule has 0 aliphatic carbocycles. The van der Waals surface area contributed by atoms with Gasteiger partial charge in [0, 0.05) is 195 Å². The number of nitrogens with zero attached hydrogens (tertiary/aromatic N) is 3. The zero-order chi connectivity index (χ0) is 59.1. The van der Waals surface area contributed by atoms with Crippen molar-refractivity contribution in [2.75, 3.05) is 131 Å². The lowest BCUT2D eigenvalue weighted by atomic mass is 10.2. The van der Waals surface area contributed by atoms with Gasteiger partial charge in [0.05, 0.1) is 0 Å². The van der Waals surface area contributed by atoms with Crippen LogP contribution in [0.25, 0.3) is 0 Å². The van der Waals surface area contributed by atoms with Crippen molar-refractivity contribution in [2.45, 2.75) is 144 Å². The molecule has 0 aromatic rings. The zero-order valence-corrected chi connectivity index (χ0v) is 48.8. The number of carbonyl (C=O) groups is 11. The van der Waals surface area contributed by atoms with E-state index in [1.807, 2.05) is 42.4 Å². The van der Waals surface area contributed by atoms with Crippen molar-refractivity contribution in [1.82, 2.24) is 73.2 Å². The lowest BCUT2D eigenvalue weighted by Crippen LogP contribution is -2.42. The number of hydrogen-bond donors (Lipinski definition) is 11. The maximum Gasteiger partial charge on any atom is 0.407 e. The van der Waals surface area contributed by atoms with E-state index in [0.29, 0.717) is 123 Å². The molecule has 0 unspecified atom stereocenters. The van der Waals surface area contributed by atoms with Crippen molar-refractivity contribution in [3.05, 3.63) is 0 Å². The van der Waals surface area contributed by atoms with Crippen LogP contribution in [0.4, 0.5) is 4.79 Å². The van der Waals surface area contributed by atoms with Gasteiger partial charge in [-0.25, -0.2) is 4.79 Å². The second-order valence-corrected chi connectivity index (χ2v) is 20.0. The molecule has 0 atom stereocenters. The summed E-state index contributed by atoms with van der Waals surface area (Å²) in [5.74, 6) is -1.84. The summed E-state index contributed by atoms with van der Waals surface area (Å²) in [6.45, 7) is 18.3. The third kappa shape index (κ3) is 46.5. The van der Waals surface area contributed by atoms with E-state index < -0.39 is 11.7 Å². The van der Waals surface area contributed by atoms with Gasteiger partial charge in [0.25, 0.3) is 0 Å². The van der Waals surface area contributed by atoms with Crippen LogP contribution in [0.1, 0.15) is 138 Å². The van der Waals surface area contributed by atoms with Gasteiger partial charge in [0.1, 0.15) is 5.60 Å². The second-order valence-electron chi connectivity index (χ2n) is 20.0. The van der Waals surface area contributed by atoms with Crippen LogP contribution >= 0.6 is 0 Å². The van der Waals surface area contributed by atoms with Gasteiger partial charge in [-0.2, -0.15) is 0 Å². The van der Waals surface area contributed by atoms with E-state index in [1.165, 1.54) is 0 Å². The molecule has 0 aliphatic rings. The van der Waals surface area contributed by atoms with Crippen LogP contribution in [0.3, 0.4) is 0 Å². The molecule has 0 saturated carbocycles. The third-order valence-electron chi connectivity index (χ3n) is 11.5. The highest BCUT2D eigenvalue weighted by Gasteiger charge is 2.19. The molecule has 0 fully saturated rings. The Morgan fingerprint density at radius 2 is 0.443 bits per heavy atom. The van der Waals surface area contributed by atoms with Gasteiger partial charge in [-0.3, -0.25) is 47.9 Å². The molecule has 0 bridgehead atoms. The number of rotatable bonds is 47. The van der Waals surface area contributed by atoms with E-state index in [-0.39, 0.29) is 156 Å². The largest absolute Gasteiger partial charge is 0.444 e. The molecule has 0 rings (SSSR count). The average Bonchev–Trinajstić information content (AvgIpc) is 3.38. The van der Waals surface area contributed by atoms with E-state index in [9.17, 15) is 52.7 Å². The monoisotopic (exact) mass is 1120 g/mol. The highest BCUT2D eigenvalue weighted by atomic mass is 16.6. The lowest BCUT2D eigenvalue weighted by Gasteiger charge is -2.24. The van der Waals surface area contributed by atoms with Crippen molar-refractivity contribution in [1.29, 1.82) is 0 Å². The molecule has 26 heteroatoms. The third-order valence-corrected chi connectivity index (χ3v) is 11.5. The predicted molar refractivity (Wildman–Crippen MR) is 301 cm³/mol. The smallest absolute Gasteiger partial charge is 0.407 e. The van der Waals surface area contributed by atoms with Crippen LogP contribution in [-0.2, 0) is 52.7 Å². The fraction of sp³-hybridized carbons (Fsp3) is 0.792. The maximum absolute atomic E-state index is 13.2. The number of hydrogen-bond acceptors (Lipinski definition) is 15. The van der Waals surface area contributed by atoms with Crippen molar-refractivity contribution in [3.63, 3.8) is 0 Å². The number of amides is 11. The highest BCUT2D eigenvalue weighted by Crippen LogP contribution is 2.06. The van der Waals surface area contributed by atoms with Crippen LogP contribution in [0, 0.1) is 0 Å². The summed E-state index contributed by atoms with van der Waals surface area (Å²) in [6, 6.07) is 0. The minimum Gasteiger partial charge on any atom is -0.444 e. The van der Waals surface area contributed by atoms with Crippen LogP contribution in [0.5, 0.6) is 0 Å². The Kier molecular flexibility index (Phi) is 43.1. The Bertz CT molecular complexity index is 1630. The summed E-state index contributed by atoms with van der Waals surface area (Å²) < 4.78 is 5.36. The number of carbonyl (C=O) groups excluding carboxylic acids is 11. The molecule has 0 aliphatic heterocycles. The van der Waals surface area contributed by atoms with Crippen LogP contribution in [0.15, 0.2) is 0 Å². The lowest BCUT2D eigenvalue weighted by molar-refractivity contribution is -0.124. The highest BCUT2D eigenvalue weighted by molar-refractivity contribution is 5.80. The number of alkyl carbamates (subject to hydrolysis) is 1. The fourth-order valence-electron chi connectivity index (χ4n) is 7.31. The number of ether oxygens (including phenoxy) is 1. The molecule has 0 aromatic carbocycles. The molecular weight excluding hydrogens is 1020 g/mol. The zero-order valence-electron chi connectivity index (χ0n) is 48.8. The molecule has 0 radical (unpaired) electrons.